The zero-order valence-electron chi connectivity index (χ0n) is 15.8. The van der Waals surface area contributed by atoms with Crippen molar-refractivity contribution < 1.29 is 19.1 Å². The molecule has 0 saturated heterocycles. The maximum Gasteiger partial charge on any atom is 0.204 e. The monoisotopic (exact) mass is 382 g/mol. The number of hydrogen-bond donors (Lipinski definition) is 0. The van der Waals surface area contributed by atoms with E-state index in [-0.39, 0.29) is 11.6 Å². The smallest absolute Gasteiger partial charge is 0.204 e. The molecule has 3 aromatic rings. The Kier molecular flexibility index (Phi) is 4.06. The molecule has 0 fully saturated rings. The number of benzene rings is 3. The van der Waals surface area contributed by atoms with Crippen molar-refractivity contribution in [1.82, 2.24) is 0 Å². The topological polar surface area (TPSA) is 52.6 Å². The van der Waals surface area contributed by atoms with Crippen molar-refractivity contribution >= 4 is 17.3 Å². The van der Waals surface area contributed by atoms with Crippen molar-refractivity contribution in [3.05, 3.63) is 107 Å². The lowest BCUT2D eigenvalue weighted by Crippen LogP contribution is -2.29. The molecular formula is C25H18O4. The van der Waals surface area contributed by atoms with E-state index >= 15 is 0 Å². The average molecular weight is 382 g/mol. The Bertz CT molecular complexity index is 1160. The van der Waals surface area contributed by atoms with E-state index in [1.54, 1.807) is 25.3 Å². The number of rotatable bonds is 4. The third-order valence-corrected chi connectivity index (χ3v) is 5.55. The first-order valence-corrected chi connectivity index (χ1v) is 9.48. The van der Waals surface area contributed by atoms with E-state index in [0.29, 0.717) is 28.2 Å². The maximum absolute atomic E-state index is 13.4. The van der Waals surface area contributed by atoms with E-state index in [4.69, 9.17) is 9.47 Å². The highest BCUT2D eigenvalue weighted by atomic mass is 16.5. The molecule has 4 nitrogen and oxygen atoms in total. The van der Waals surface area contributed by atoms with Crippen LogP contribution in [-0.4, -0.2) is 24.8 Å². The summed E-state index contributed by atoms with van der Waals surface area (Å²) in [5.41, 5.74) is 3.22. The van der Waals surface area contributed by atoms with Gasteiger partial charge in [-0.25, -0.2) is 0 Å². The third kappa shape index (κ3) is 2.60. The second-order valence-electron chi connectivity index (χ2n) is 7.11. The van der Waals surface area contributed by atoms with Gasteiger partial charge in [0.25, 0.3) is 0 Å². The summed E-state index contributed by atoms with van der Waals surface area (Å²) in [6, 6.07) is 23.9. The largest absolute Gasteiger partial charge is 0.496 e. The van der Waals surface area contributed by atoms with Gasteiger partial charge in [-0.1, -0.05) is 72.8 Å². The van der Waals surface area contributed by atoms with Crippen LogP contribution < -0.4 is 4.74 Å². The highest BCUT2D eigenvalue weighted by molar-refractivity contribution is 6.22. The van der Waals surface area contributed by atoms with E-state index in [9.17, 15) is 9.59 Å². The normalized spacial score (nSPS) is 19.6. The van der Waals surface area contributed by atoms with Gasteiger partial charge in [0, 0.05) is 22.3 Å². The standard InChI is InChI=1S/C25H18O4/c1-28-19-14-8-7-13-18(19)20-21-23(27)16-11-5-6-12-17(16)24(21)29-25(20)22(26)15-9-3-2-4-10-15/h2-14,20,25H,1H3/t20-,25-/m1/s1. The van der Waals surface area contributed by atoms with Gasteiger partial charge in [0.15, 0.2) is 11.9 Å². The van der Waals surface area contributed by atoms with Gasteiger partial charge in [0.05, 0.1) is 18.6 Å². The minimum atomic E-state index is -0.823. The predicted molar refractivity (Wildman–Crippen MR) is 109 cm³/mol. The summed E-state index contributed by atoms with van der Waals surface area (Å²) < 4.78 is 11.8. The lowest BCUT2D eigenvalue weighted by atomic mass is 9.82. The Balaban J connectivity index is 1.68. The van der Waals surface area contributed by atoms with Gasteiger partial charge in [-0.2, -0.15) is 0 Å². The van der Waals surface area contributed by atoms with Crippen LogP contribution in [0.1, 0.15) is 37.8 Å². The molecule has 1 heterocycles. The van der Waals surface area contributed by atoms with E-state index in [2.05, 4.69) is 0 Å². The van der Waals surface area contributed by atoms with Gasteiger partial charge in [-0.3, -0.25) is 9.59 Å². The molecule has 0 amide bonds. The van der Waals surface area contributed by atoms with Crippen LogP contribution in [0.4, 0.5) is 0 Å². The van der Waals surface area contributed by atoms with Gasteiger partial charge in [-0.05, 0) is 6.07 Å². The van der Waals surface area contributed by atoms with Crippen LogP contribution in [-0.2, 0) is 4.74 Å². The van der Waals surface area contributed by atoms with Gasteiger partial charge in [-0.15, -0.1) is 0 Å². The van der Waals surface area contributed by atoms with Crippen LogP contribution in [0.5, 0.6) is 5.75 Å². The van der Waals surface area contributed by atoms with E-state index in [1.807, 2.05) is 60.7 Å². The summed E-state index contributed by atoms with van der Waals surface area (Å²) in [6.07, 6.45) is -0.823. The van der Waals surface area contributed by atoms with Crippen LogP contribution in [0.15, 0.2) is 84.4 Å². The van der Waals surface area contributed by atoms with Crippen LogP contribution in [0, 0.1) is 0 Å². The Labute approximate surface area is 168 Å². The van der Waals surface area contributed by atoms with Gasteiger partial charge in [0.1, 0.15) is 11.5 Å². The van der Waals surface area contributed by atoms with E-state index in [1.165, 1.54) is 0 Å². The molecular weight excluding hydrogens is 364 g/mol. The van der Waals surface area contributed by atoms with Crippen molar-refractivity contribution in [1.29, 1.82) is 0 Å². The molecule has 4 heteroatoms. The van der Waals surface area contributed by atoms with Crippen molar-refractivity contribution in [2.45, 2.75) is 12.0 Å². The first-order valence-electron chi connectivity index (χ1n) is 9.48. The van der Waals surface area contributed by atoms with E-state index in [0.717, 1.165) is 11.1 Å². The number of ketones is 2. The zero-order valence-corrected chi connectivity index (χ0v) is 15.8. The molecule has 0 saturated carbocycles. The Morgan fingerprint density at radius 2 is 1.52 bits per heavy atom. The number of Topliss-reactive ketones (excluding diaryl/α,β-unsaturated/α-hetero) is 2. The molecule has 0 radical (unpaired) electrons. The van der Waals surface area contributed by atoms with Gasteiger partial charge in [0.2, 0.25) is 5.78 Å². The fourth-order valence-corrected chi connectivity index (χ4v) is 4.24. The lowest BCUT2D eigenvalue weighted by Gasteiger charge is -2.23. The van der Waals surface area contributed by atoms with Crippen molar-refractivity contribution in [3.8, 4) is 5.75 Å². The Morgan fingerprint density at radius 1 is 0.862 bits per heavy atom. The van der Waals surface area contributed by atoms with Crippen LogP contribution >= 0.6 is 0 Å². The first kappa shape index (κ1) is 17.4. The fraction of sp³-hybridized carbons (Fsp3) is 0.120. The highest BCUT2D eigenvalue weighted by Crippen LogP contribution is 2.51. The van der Waals surface area contributed by atoms with Crippen LogP contribution in [0.2, 0.25) is 0 Å². The number of carbonyl (C=O) groups is 2. The number of fused-ring (bicyclic) bond motifs is 2. The zero-order chi connectivity index (χ0) is 20.0. The van der Waals surface area contributed by atoms with Crippen LogP contribution in [0.25, 0.3) is 5.76 Å². The molecule has 2 aliphatic rings. The summed E-state index contributed by atoms with van der Waals surface area (Å²) >= 11 is 0. The van der Waals surface area contributed by atoms with Crippen molar-refractivity contribution in [2.75, 3.05) is 7.11 Å². The molecule has 0 unspecified atom stereocenters. The average Bonchev–Trinajstić information content (AvgIpc) is 3.30. The second kappa shape index (κ2) is 6.74. The number of methoxy groups -OCH3 is 1. The fourth-order valence-electron chi connectivity index (χ4n) is 4.24. The number of hydrogen-bond acceptors (Lipinski definition) is 4. The molecule has 1 aliphatic heterocycles. The summed E-state index contributed by atoms with van der Waals surface area (Å²) in [5.74, 6) is 0.366. The molecule has 2 atom stereocenters. The molecule has 0 aromatic heterocycles. The first-order chi connectivity index (χ1) is 14.2. The molecule has 142 valence electrons. The van der Waals surface area contributed by atoms with Crippen molar-refractivity contribution in [3.63, 3.8) is 0 Å². The molecule has 5 rings (SSSR count). The molecule has 0 bridgehead atoms. The van der Waals surface area contributed by atoms with E-state index < -0.39 is 12.0 Å². The molecule has 1 aliphatic carbocycles. The second-order valence-corrected chi connectivity index (χ2v) is 7.11. The lowest BCUT2D eigenvalue weighted by molar-refractivity contribution is 0.0749. The summed E-state index contributed by atoms with van der Waals surface area (Å²) in [6.45, 7) is 0. The minimum Gasteiger partial charge on any atom is -0.496 e. The molecule has 0 N–H and O–H groups in total. The molecule has 29 heavy (non-hydrogen) atoms. The SMILES string of the molecule is COc1ccccc1[C@@H]1C2=C(O[C@H]1C(=O)c1ccccc1)c1ccccc1C2=O. The number of carbonyl (C=O) groups excluding carboxylic acids is 2. The molecule has 0 spiro atoms. The summed E-state index contributed by atoms with van der Waals surface area (Å²) in [5, 5.41) is 0. The summed E-state index contributed by atoms with van der Waals surface area (Å²) in [4.78, 5) is 26.7. The highest BCUT2D eigenvalue weighted by Gasteiger charge is 2.50. The quantitative estimate of drug-likeness (QED) is 0.616. The number of ether oxygens (including phenoxy) is 2. The predicted octanol–water partition coefficient (Wildman–Crippen LogP) is 4.67. The van der Waals surface area contributed by atoms with Gasteiger partial charge >= 0.3 is 0 Å². The van der Waals surface area contributed by atoms with Crippen molar-refractivity contribution in [2.24, 2.45) is 0 Å². The third-order valence-electron chi connectivity index (χ3n) is 5.55. The Morgan fingerprint density at radius 3 is 2.28 bits per heavy atom. The Hall–Kier alpha value is -3.66. The van der Waals surface area contributed by atoms with Crippen LogP contribution in [0.3, 0.4) is 0 Å². The van der Waals surface area contributed by atoms with Gasteiger partial charge < -0.3 is 9.47 Å². The minimum absolute atomic E-state index is 0.0881. The summed E-state index contributed by atoms with van der Waals surface area (Å²) in [7, 11) is 1.59. The maximum atomic E-state index is 13.4. The molecule has 3 aromatic carbocycles. The number of para-hydroxylation sites is 1.